The Kier molecular flexibility index (Phi) is 6.42. The fraction of sp³-hybridized carbons (Fsp3) is 0.440. The van der Waals surface area contributed by atoms with Crippen LogP contribution in [0.25, 0.3) is 10.9 Å². The van der Waals surface area contributed by atoms with Crippen molar-refractivity contribution in [3.63, 3.8) is 0 Å². The molecule has 166 valence electrons. The second-order valence-electron chi connectivity index (χ2n) is 9.21. The van der Waals surface area contributed by atoms with Gasteiger partial charge in [0.1, 0.15) is 0 Å². The topological polar surface area (TPSA) is 74.9 Å². The highest BCUT2D eigenvalue weighted by atomic mass is 35.5. The number of hydrogen-bond donors (Lipinski definition) is 3. The third-order valence-corrected chi connectivity index (χ3v) is 6.13. The summed E-state index contributed by atoms with van der Waals surface area (Å²) in [6, 6.07) is 14.1. The molecule has 31 heavy (non-hydrogen) atoms. The van der Waals surface area contributed by atoms with Gasteiger partial charge >= 0.3 is 0 Å². The molecule has 6 heteroatoms. The van der Waals surface area contributed by atoms with E-state index in [4.69, 9.17) is 16.3 Å². The first-order chi connectivity index (χ1) is 14.7. The van der Waals surface area contributed by atoms with Gasteiger partial charge in [0, 0.05) is 43.0 Å². The van der Waals surface area contributed by atoms with E-state index in [-0.39, 0.29) is 18.8 Å². The highest BCUT2D eigenvalue weighted by Gasteiger charge is 2.31. The summed E-state index contributed by atoms with van der Waals surface area (Å²) in [5, 5.41) is 31.5. The van der Waals surface area contributed by atoms with Crippen molar-refractivity contribution < 1.29 is 20.1 Å². The van der Waals surface area contributed by atoms with Gasteiger partial charge in [-0.05, 0) is 31.0 Å². The number of aliphatic hydroxyl groups excluding tert-OH is 2. The fourth-order valence-corrected chi connectivity index (χ4v) is 4.77. The van der Waals surface area contributed by atoms with Gasteiger partial charge in [0.25, 0.3) is 0 Å². The van der Waals surface area contributed by atoms with E-state index >= 15 is 0 Å². The molecule has 5 nitrogen and oxygen atoms in total. The van der Waals surface area contributed by atoms with Gasteiger partial charge in [-0.3, -0.25) is 0 Å². The standard InChI is InChI=1S/C25H30ClNO4/c1-25(2,30)12-16-6-8-17(9-7-16)13-27-14-21(20-4-3-5-22(26)24(20)27)23-11-18(29)10-19(15-28)31-23/h3-9,14,18-19,23,28-30H,10-13,15H2,1-2H3/t18-,19-,23+/m0/s1. The Hall–Kier alpha value is -1.89. The zero-order chi connectivity index (χ0) is 22.2. The molecule has 1 aliphatic rings. The van der Waals surface area contributed by atoms with Crippen LogP contribution in [0.3, 0.4) is 0 Å². The molecule has 0 amide bonds. The SMILES string of the molecule is CC(C)(O)Cc1ccc(Cn2cc([C@H]3C[C@@H](O)C[C@@H](CO)O3)c3cccc(Cl)c32)cc1. The van der Waals surface area contributed by atoms with Gasteiger partial charge in [-0.2, -0.15) is 0 Å². The maximum absolute atomic E-state index is 10.3. The Balaban J connectivity index is 1.66. The van der Waals surface area contributed by atoms with E-state index in [1.54, 1.807) is 0 Å². The maximum atomic E-state index is 10.3. The number of rotatable bonds is 6. The number of ether oxygens (including phenoxy) is 1. The summed E-state index contributed by atoms with van der Waals surface area (Å²) >= 11 is 6.58. The second-order valence-corrected chi connectivity index (χ2v) is 9.62. The van der Waals surface area contributed by atoms with Crippen LogP contribution in [0.5, 0.6) is 0 Å². The van der Waals surface area contributed by atoms with E-state index in [1.807, 2.05) is 44.2 Å². The summed E-state index contributed by atoms with van der Waals surface area (Å²) in [5.74, 6) is 0. The molecule has 0 aliphatic carbocycles. The molecular formula is C25H30ClNO4. The molecule has 3 atom stereocenters. The lowest BCUT2D eigenvalue weighted by atomic mass is 9.96. The molecule has 1 saturated heterocycles. The summed E-state index contributed by atoms with van der Waals surface area (Å²) in [4.78, 5) is 0. The van der Waals surface area contributed by atoms with Gasteiger partial charge in [-0.15, -0.1) is 0 Å². The summed E-state index contributed by atoms with van der Waals surface area (Å²) in [5.41, 5.74) is 3.39. The van der Waals surface area contributed by atoms with Crippen LogP contribution in [0.2, 0.25) is 5.02 Å². The summed E-state index contributed by atoms with van der Waals surface area (Å²) in [7, 11) is 0. The normalized spacial score (nSPS) is 22.2. The Bertz CT molecular complexity index is 1040. The molecule has 0 spiro atoms. The van der Waals surface area contributed by atoms with Crippen molar-refractivity contribution in [2.75, 3.05) is 6.61 Å². The summed E-state index contributed by atoms with van der Waals surface area (Å²) in [6.07, 6.45) is 2.43. The lowest BCUT2D eigenvalue weighted by molar-refractivity contribution is -0.113. The fourth-order valence-electron chi connectivity index (χ4n) is 4.49. The van der Waals surface area contributed by atoms with E-state index in [2.05, 4.69) is 22.9 Å². The summed E-state index contributed by atoms with van der Waals surface area (Å²) in [6.45, 7) is 4.15. The molecule has 4 rings (SSSR count). The molecule has 3 N–H and O–H groups in total. The van der Waals surface area contributed by atoms with Gasteiger partial charge in [0.2, 0.25) is 0 Å². The number of benzene rings is 2. The van der Waals surface area contributed by atoms with Crippen molar-refractivity contribution in [1.29, 1.82) is 0 Å². The Morgan fingerprint density at radius 1 is 1.10 bits per heavy atom. The first-order valence-corrected chi connectivity index (χ1v) is 11.1. The molecule has 2 heterocycles. The smallest absolute Gasteiger partial charge is 0.0875 e. The average molecular weight is 444 g/mol. The predicted molar refractivity (Wildman–Crippen MR) is 122 cm³/mol. The third-order valence-electron chi connectivity index (χ3n) is 5.82. The van der Waals surface area contributed by atoms with Crippen LogP contribution in [0.1, 0.15) is 49.5 Å². The molecule has 1 aromatic heterocycles. The number of halogens is 1. The zero-order valence-corrected chi connectivity index (χ0v) is 18.7. The van der Waals surface area contributed by atoms with E-state index in [1.165, 1.54) is 0 Å². The first-order valence-electron chi connectivity index (χ1n) is 10.8. The molecule has 3 aromatic rings. The van der Waals surface area contributed by atoms with Crippen molar-refractivity contribution >= 4 is 22.5 Å². The molecule has 1 fully saturated rings. The lowest BCUT2D eigenvalue weighted by Crippen LogP contribution is -2.33. The molecule has 0 unspecified atom stereocenters. The van der Waals surface area contributed by atoms with E-state index in [9.17, 15) is 15.3 Å². The minimum atomic E-state index is -0.739. The van der Waals surface area contributed by atoms with Crippen LogP contribution >= 0.6 is 11.6 Å². The number of hydrogen-bond acceptors (Lipinski definition) is 4. The van der Waals surface area contributed by atoms with Crippen molar-refractivity contribution in [3.05, 3.63) is 70.4 Å². The van der Waals surface area contributed by atoms with E-state index < -0.39 is 11.7 Å². The zero-order valence-electron chi connectivity index (χ0n) is 18.0. The Morgan fingerprint density at radius 3 is 2.48 bits per heavy atom. The Morgan fingerprint density at radius 2 is 1.81 bits per heavy atom. The number of nitrogens with zero attached hydrogens (tertiary/aromatic N) is 1. The lowest BCUT2D eigenvalue weighted by Gasteiger charge is -2.32. The number of aromatic nitrogens is 1. The Labute approximate surface area is 187 Å². The summed E-state index contributed by atoms with van der Waals surface area (Å²) < 4.78 is 8.20. The number of para-hydroxylation sites is 1. The predicted octanol–water partition coefficient (Wildman–Crippen LogP) is 4.23. The van der Waals surface area contributed by atoms with Gasteiger partial charge < -0.3 is 24.6 Å². The quantitative estimate of drug-likeness (QED) is 0.533. The van der Waals surface area contributed by atoms with Crippen LogP contribution in [0.15, 0.2) is 48.7 Å². The maximum Gasteiger partial charge on any atom is 0.0875 e. The molecule has 1 aliphatic heterocycles. The van der Waals surface area contributed by atoms with Crippen LogP contribution in [0.4, 0.5) is 0 Å². The highest BCUT2D eigenvalue weighted by molar-refractivity contribution is 6.35. The van der Waals surface area contributed by atoms with Crippen molar-refractivity contribution in [2.24, 2.45) is 0 Å². The number of aliphatic hydroxyl groups is 3. The van der Waals surface area contributed by atoms with Crippen molar-refractivity contribution in [3.8, 4) is 0 Å². The molecule has 0 radical (unpaired) electrons. The number of fused-ring (bicyclic) bond motifs is 1. The van der Waals surface area contributed by atoms with Crippen molar-refractivity contribution in [1.82, 2.24) is 4.57 Å². The van der Waals surface area contributed by atoms with Crippen LogP contribution < -0.4 is 0 Å². The molecule has 0 saturated carbocycles. The van der Waals surface area contributed by atoms with Crippen molar-refractivity contribution in [2.45, 2.75) is 63.6 Å². The van der Waals surface area contributed by atoms with Crippen LogP contribution in [0, 0.1) is 0 Å². The minimum Gasteiger partial charge on any atom is -0.394 e. The van der Waals surface area contributed by atoms with Crippen LogP contribution in [-0.2, 0) is 17.7 Å². The van der Waals surface area contributed by atoms with Gasteiger partial charge in [0.15, 0.2) is 0 Å². The highest BCUT2D eigenvalue weighted by Crippen LogP contribution is 2.38. The van der Waals surface area contributed by atoms with Gasteiger partial charge in [-0.25, -0.2) is 0 Å². The van der Waals surface area contributed by atoms with Crippen LogP contribution in [-0.4, -0.2) is 44.3 Å². The monoisotopic (exact) mass is 443 g/mol. The van der Waals surface area contributed by atoms with E-state index in [0.717, 1.165) is 27.6 Å². The molecular weight excluding hydrogens is 414 g/mol. The molecule has 2 aromatic carbocycles. The third kappa shape index (κ3) is 5.13. The largest absolute Gasteiger partial charge is 0.394 e. The average Bonchev–Trinajstić information content (AvgIpc) is 3.07. The second kappa shape index (κ2) is 8.93. The molecule has 0 bridgehead atoms. The van der Waals surface area contributed by atoms with Gasteiger partial charge in [-0.1, -0.05) is 48.0 Å². The first kappa shape index (κ1) is 22.3. The van der Waals surface area contributed by atoms with E-state index in [0.29, 0.717) is 30.8 Å². The van der Waals surface area contributed by atoms with Gasteiger partial charge in [0.05, 0.1) is 41.1 Å². The minimum absolute atomic E-state index is 0.107.